The number of aromatic nitrogens is 2. The van der Waals surface area contributed by atoms with Crippen LogP contribution in [0.4, 0.5) is 0 Å². The number of nitrogens with zero attached hydrogens (tertiary/aromatic N) is 3. The highest BCUT2D eigenvalue weighted by atomic mass is 35.5. The van der Waals surface area contributed by atoms with E-state index in [9.17, 15) is 9.59 Å². The predicted octanol–water partition coefficient (Wildman–Crippen LogP) is 5.60. The lowest BCUT2D eigenvalue weighted by atomic mass is 10.1. The van der Waals surface area contributed by atoms with E-state index < -0.39 is 0 Å². The molecule has 0 spiro atoms. The van der Waals surface area contributed by atoms with Crippen molar-refractivity contribution in [1.82, 2.24) is 20.0 Å². The highest BCUT2D eigenvalue weighted by molar-refractivity contribution is 6.30. The smallest absolute Gasteiger partial charge is 0.270 e. The Hall–Kier alpha value is -4.20. The van der Waals surface area contributed by atoms with Gasteiger partial charge in [0.1, 0.15) is 11.4 Å². The van der Waals surface area contributed by atoms with E-state index in [1.54, 1.807) is 52.1 Å². The van der Waals surface area contributed by atoms with E-state index >= 15 is 0 Å². The number of halogens is 1. The van der Waals surface area contributed by atoms with E-state index in [0.717, 1.165) is 11.3 Å². The first-order valence-electron chi connectivity index (χ1n) is 12.8. The molecule has 1 N–H and O–H groups in total. The predicted molar refractivity (Wildman–Crippen MR) is 152 cm³/mol. The maximum atomic E-state index is 13.9. The topological polar surface area (TPSA) is 76.5 Å². The molecule has 7 nitrogen and oxygen atoms in total. The summed E-state index contributed by atoms with van der Waals surface area (Å²) in [5.74, 6) is -0.649. The summed E-state index contributed by atoms with van der Waals surface area (Å²) in [5.41, 5.74) is 3.64. The first-order chi connectivity index (χ1) is 18.9. The van der Waals surface area contributed by atoms with Crippen LogP contribution in [0.2, 0.25) is 5.02 Å². The van der Waals surface area contributed by atoms with Crippen molar-refractivity contribution in [1.29, 1.82) is 0 Å². The molecule has 0 saturated carbocycles. The molecule has 2 heterocycles. The van der Waals surface area contributed by atoms with E-state index in [0.29, 0.717) is 34.9 Å². The molecule has 1 fully saturated rings. The summed E-state index contributed by atoms with van der Waals surface area (Å²) in [4.78, 5) is 28.8. The summed E-state index contributed by atoms with van der Waals surface area (Å²) in [6.07, 6.45) is 3.32. The van der Waals surface area contributed by atoms with Crippen LogP contribution in [-0.2, 0) is 9.53 Å². The quantitative estimate of drug-likeness (QED) is 0.323. The number of carbonyl (C=O) groups excluding carboxylic acids is 2. The lowest BCUT2D eigenvalue weighted by Crippen LogP contribution is -2.50. The molecule has 39 heavy (non-hydrogen) atoms. The number of benzene rings is 3. The molecular weight excluding hydrogens is 512 g/mol. The second-order valence-electron chi connectivity index (χ2n) is 9.57. The SMILES string of the molecule is C[C@@H]1CN(C(=O)/C(=C/c2cn(-c3ccccc3)nc2-c2ccc(Cl)cc2)NC(=O)c2ccccc2)C[C@H](C)O1. The van der Waals surface area contributed by atoms with E-state index in [-0.39, 0.29) is 29.7 Å². The molecular formula is C31H29ClN4O3. The largest absolute Gasteiger partial charge is 0.372 e. The number of hydrogen-bond donors (Lipinski definition) is 1. The summed E-state index contributed by atoms with van der Waals surface area (Å²) in [7, 11) is 0. The third-order valence-corrected chi connectivity index (χ3v) is 6.65. The van der Waals surface area contributed by atoms with Gasteiger partial charge in [-0.1, -0.05) is 60.1 Å². The molecule has 1 aromatic heterocycles. The first-order valence-corrected chi connectivity index (χ1v) is 13.2. The Morgan fingerprint density at radius 3 is 2.18 bits per heavy atom. The zero-order chi connectivity index (χ0) is 27.4. The van der Waals surface area contributed by atoms with Crippen molar-refractivity contribution >= 4 is 29.5 Å². The number of hydrogen-bond acceptors (Lipinski definition) is 4. The monoisotopic (exact) mass is 540 g/mol. The molecule has 0 bridgehead atoms. The number of nitrogens with one attached hydrogen (secondary N) is 1. The normalized spacial score (nSPS) is 17.6. The average Bonchev–Trinajstić information content (AvgIpc) is 3.37. The number of amides is 2. The Balaban J connectivity index is 1.60. The Morgan fingerprint density at radius 1 is 0.923 bits per heavy atom. The lowest BCUT2D eigenvalue weighted by molar-refractivity contribution is -0.139. The van der Waals surface area contributed by atoms with Crippen molar-refractivity contribution in [2.75, 3.05) is 13.1 Å². The molecule has 4 aromatic rings. The molecule has 2 atom stereocenters. The highest BCUT2D eigenvalue weighted by Crippen LogP contribution is 2.27. The van der Waals surface area contributed by atoms with E-state index in [4.69, 9.17) is 21.4 Å². The van der Waals surface area contributed by atoms with Crippen LogP contribution in [0.5, 0.6) is 0 Å². The summed E-state index contributed by atoms with van der Waals surface area (Å²) < 4.78 is 7.59. The molecule has 0 unspecified atom stereocenters. The second kappa shape index (κ2) is 11.7. The Morgan fingerprint density at radius 2 is 1.54 bits per heavy atom. The van der Waals surface area contributed by atoms with Crippen LogP contribution in [0.3, 0.4) is 0 Å². The third kappa shape index (κ3) is 6.28. The minimum absolute atomic E-state index is 0.116. The van der Waals surface area contributed by atoms with Gasteiger partial charge in [0, 0.05) is 41.0 Å². The van der Waals surface area contributed by atoms with Crippen molar-refractivity contribution in [3.05, 3.63) is 113 Å². The van der Waals surface area contributed by atoms with E-state index in [1.807, 2.05) is 68.6 Å². The molecule has 3 aromatic carbocycles. The number of ether oxygens (including phenoxy) is 1. The zero-order valence-corrected chi connectivity index (χ0v) is 22.5. The Labute approximate surface area is 232 Å². The Bertz CT molecular complexity index is 1470. The van der Waals surface area contributed by atoms with Crippen LogP contribution in [-0.4, -0.2) is 51.8 Å². The van der Waals surface area contributed by atoms with Crippen molar-refractivity contribution in [3.8, 4) is 16.9 Å². The molecule has 0 radical (unpaired) electrons. The van der Waals surface area contributed by atoms with Crippen LogP contribution >= 0.6 is 11.6 Å². The van der Waals surface area contributed by atoms with Gasteiger partial charge in [0.05, 0.1) is 17.9 Å². The fourth-order valence-corrected chi connectivity index (χ4v) is 4.77. The van der Waals surface area contributed by atoms with Crippen LogP contribution in [0, 0.1) is 0 Å². The van der Waals surface area contributed by atoms with Gasteiger partial charge in [0.2, 0.25) is 0 Å². The fourth-order valence-electron chi connectivity index (χ4n) is 4.64. The van der Waals surface area contributed by atoms with Crippen molar-refractivity contribution in [3.63, 3.8) is 0 Å². The summed E-state index contributed by atoms with van der Waals surface area (Å²) in [6.45, 7) is 4.72. The molecule has 1 aliphatic heterocycles. The van der Waals surface area contributed by atoms with Gasteiger partial charge in [0.15, 0.2) is 0 Å². The van der Waals surface area contributed by atoms with Gasteiger partial charge in [-0.15, -0.1) is 0 Å². The molecule has 2 amide bonds. The molecule has 5 rings (SSSR count). The third-order valence-electron chi connectivity index (χ3n) is 6.40. The average molecular weight is 541 g/mol. The van der Waals surface area contributed by atoms with Gasteiger partial charge in [-0.2, -0.15) is 5.10 Å². The Kier molecular flexibility index (Phi) is 7.91. The van der Waals surface area contributed by atoms with Crippen LogP contribution in [0.25, 0.3) is 23.0 Å². The summed E-state index contributed by atoms with van der Waals surface area (Å²) in [6, 6.07) is 25.9. The van der Waals surface area contributed by atoms with Gasteiger partial charge in [-0.3, -0.25) is 9.59 Å². The molecule has 1 aliphatic rings. The minimum atomic E-state index is -0.368. The van der Waals surface area contributed by atoms with E-state index in [1.165, 1.54) is 0 Å². The van der Waals surface area contributed by atoms with Gasteiger partial charge in [-0.05, 0) is 56.3 Å². The number of rotatable bonds is 6. The summed E-state index contributed by atoms with van der Waals surface area (Å²) >= 11 is 6.15. The minimum Gasteiger partial charge on any atom is -0.372 e. The van der Waals surface area contributed by atoms with Crippen LogP contribution in [0.1, 0.15) is 29.8 Å². The molecule has 198 valence electrons. The maximum absolute atomic E-state index is 13.9. The second-order valence-corrected chi connectivity index (χ2v) is 10.0. The lowest BCUT2D eigenvalue weighted by Gasteiger charge is -2.35. The molecule has 0 aliphatic carbocycles. The molecule has 8 heteroatoms. The molecule has 1 saturated heterocycles. The van der Waals surface area contributed by atoms with E-state index in [2.05, 4.69) is 5.32 Å². The zero-order valence-electron chi connectivity index (χ0n) is 21.8. The van der Waals surface area contributed by atoms with Gasteiger partial charge in [0.25, 0.3) is 11.8 Å². The number of para-hydroxylation sites is 1. The van der Waals surface area contributed by atoms with Gasteiger partial charge < -0.3 is 15.0 Å². The number of carbonyl (C=O) groups is 2. The highest BCUT2D eigenvalue weighted by Gasteiger charge is 2.29. The first kappa shape index (κ1) is 26.4. The van der Waals surface area contributed by atoms with Gasteiger partial charge >= 0.3 is 0 Å². The van der Waals surface area contributed by atoms with Crippen molar-refractivity contribution in [2.45, 2.75) is 26.1 Å². The van der Waals surface area contributed by atoms with Crippen molar-refractivity contribution in [2.24, 2.45) is 0 Å². The van der Waals surface area contributed by atoms with Crippen LogP contribution < -0.4 is 5.32 Å². The number of morpholine rings is 1. The van der Waals surface area contributed by atoms with Crippen LogP contribution in [0.15, 0.2) is 96.8 Å². The van der Waals surface area contributed by atoms with Crippen molar-refractivity contribution < 1.29 is 14.3 Å². The fraction of sp³-hybridized carbons (Fsp3) is 0.194. The maximum Gasteiger partial charge on any atom is 0.270 e. The van der Waals surface area contributed by atoms with Gasteiger partial charge in [-0.25, -0.2) is 4.68 Å². The standard InChI is InChI=1S/C31H29ClN4O3/c1-21-18-35(19-22(2)39-21)31(38)28(33-30(37)24-9-5-3-6-10-24)17-25-20-36(27-11-7-4-8-12-27)34-29(25)23-13-15-26(32)16-14-23/h3-17,20-22H,18-19H2,1-2H3,(H,33,37)/b28-17-/t21-,22+. The summed E-state index contributed by atoms with van der Waals surface area (Å²) in [5, 5.41) is 8.33.